The number of ether oxygens (including phenoxy) is 11. The second-order valence-electron chi connectivity index (χ2n) is 40.1. The van der Waals surface area contributed by atoms with Crippen molar-refractivity contribution in [3.05, 3.63) is 190 Å². The zero-order valence-electron chi connectivity index (χ0n) is 79.6. The molecule has 10 aliphatic rings. The SMILES string of the molecule is CC(=O)O[C@@]12CO[C@@H]1C[C@H](O)[C@@]1(C)C(=O)[C@H](O)C3=C(C)[C@@H](OC(=O)[C@H](O)[C@@H](NC(=O)OC(C)(C)C)c4ccccc4)C[C@@](O)([C@@H](OC(=O)c4ccccc4)[C@H]21)C3(C)C.CC(=O)O[C@@]12CO[C@@H]1C[C@H](O)[C@@]1(C)C(=O)[C@H](O)C3=C(C)[C@@H](OC(=O)[C@H](OCCCC4C(=O)C=CC4=O)[C@@H](NC(=O)OC(C)(C)C)c4ccccc4)C[C@@](O)([C@@H](OC(=O)c4ccccc4)[C@H]21)C3(C)C.O=C(O)CCN1C(=O)C=CC1=O. The minimum absolute atomic E-state index is 0.0556. The number of fused-ring (bicyclic) bond motifs is 10. The number of esters is 6. The summed E-state index contributed by atoms with van der Waals surface area (Å²) in [5, 5.41) is 101. The minimum atomic E-state index is -2.40. The van der Waals surface area contributed by atoms with Crippen LogP contribution >= 0.6 is 0 Å². The van der Waals surface area contributed by atoms with Gasteiger partial charge in [-0.15, -0.1) is 0 Å². The van der Waals surface area contributed by atoms with Gasteiger partial charge in [-0.1, -0.05) is 125 Å². The van der Waals surface area contributed by atoms with Gasteiger partial charge in [0, 0.05) is 75.7 Å². The summed E-state index contributed by atoms with van der Waals surface area (Å²) in [7, 11) is 0. The smallest absolute Gasteiger partial charge is 0.408 e. The first-order valence-corrected chi connectivity index (χ1v) is 45.6. The Morgan fingerprint density at radius 3 is 1.25 bits per heavy atom. The molecule has 3 heterocycles. The van der Waals surface area contributed by atoms with Gasteiger partial charge in [0.15, 0.2) is 46.5 Å². The number of carboxylic acids is 1. The molecule has 0 radical (unpaired) electrons. The van der Waals surface area contributed by atoms with Crippen LogP contribution in [0.3, 0.4) is 0 Å². The maximum atomic E-state index is 15.2. The Morgan fingerprint density at radius 2 is 0.884 bits per heavy atom. The van der Waals surface area contributed by atoms with Crippen molar-refractivity contribution >= 4 is 88.9 Å². The molecule has 744 valence electrons. The third-order valence-corrected chi connectivity index (χ3v) is 28.6. The van der Waals surface area contributed by atoms with Crippen molar-refractivity contribution in [3.8, 4) is 0 Å². The molecule has 22 atom stereocenters. The Labute approximate surface area is 796 Å². The van der Waals surface area contributed by atoms with Gasteiger partial charge in [-0.25, -0.2) is 28.8 Å². The molecule has 7 aliphatic carbocycles. The Morgan fingerprint density at radius 1 is 0.514 bits per heavy atom. The van der Waals surface area contributed by atoms with Crippen molar-refractivity contribution in [1.29, 1.82) is 0 Å². The number of aliphatic carboxylic acids is 1. The van der Waals surface area contributed by atoms with Gasteiger partial charge in [0.1, 0.15) is 71.2 Å². The van der Waals surface area contributed by atoms with E-state index >= 15 is 9.59 Å². The number of rotatable bonds is 24. The third-order valence-electron chi connectivity index (χ3n) is 28.6. The number of Topliss-reactive ketones (excluding diaryl/α,β-unsaturated/α-hetero) is 2. The predicted molar refractivity (Wildman–Crippen MR) is 481 cm³/mol. The number of benzene rings is 4. The number of carboxylic acid groups (broad SMARTS) is 1. The lowest BCUT2D eigenvalue weighted by Crippen LogP contribution is -2.81. The van der Waals surface area contributed by atoms with Crippen molar-refractivity contribution in [2.24, 2.45) is 39.4 Å². The first-order chi connectivity index (χ1) is 64.5. The van der Waals surface area contributed by atoms with Gasteiger partial charge in [-0.3, -0.25) is 48.1 Å². The van der Waals surface area contributed by atoms with Gasteiger partial charge < -0.3 is 104 Å². The highest BCUT2D eigenvalue weighted by molar-refractivity contribution is 6.18. The summed E-state index contributed by atoms with van der Waals surface area (Å²) in [5.41, 5.74) is -16.4. The molecule has 2 saturated heterocycles. The van der Waals surface area contributed by atoms with E-state index in [9.17, 15) is 98.1 Å². The van der Waals surface area contributed by atoms with E-state index < -0.39 is 249 Å². The fourth-order valence-electron chi connectivity index (χ4n) is 21.4. The molecule has 0 unspecified atom stereocenters. The lowest BCUT2D eigenvalue weighted by Gasteiger charge is -2.67. The number of carbonyl (C=O) groups is 15. The van der Waals surface area contributed by atoms with Crippen LogP contribution in [0.5, 0.6) is 0 Å². The lowest BCUT2D eigenvalue weighted by molar-refractivity contribution is -0.346. The summed E-state index contributed by atoms with van der Waals surface area (Å²) in [6.45, 7) is 23.4. The number of allylic oxidation sites excluding steroid dienone is 2. The molecule has 14 rings (SSSR count). The first kappa shape index (κ1) is 105. The van der Waals surface area contributed by atoms with Gasteiger partial charge >= 0.3 is 54.0 Å². The van der Waals surface area contributed by atoms with E-state index in [4.69, 9.17) is 57.2 Å². The first-order valence-electron chi connectivity index (χ1n) is 45.6. The normalized spacial score (nSPS) is 31.2. The van der Waals surface area contributed by atoms with Gasteiger partial charge in [-0.2, -0.15) is 0 Å². The van der Waals surface area contributed by atoms with Gasteiger partial charge in [0.2, 0.25) is 0 Å². The molecule has 3 aliphatic heterocycles. The highest BCUT2D eigenvalue weighted by atomic mass is 16.7. The predicted octanol–water partition coefficient (Wildman–Crippen LogP) is 7.03. The molecular formula is C101H121N3O34. The molecule has 4 saturated carbocycles. The molecule has 10 N–H and O–H groups in total. The Balaban J connectivity index is 0.000000222. The van der Waals surface area contributed by atoms with Crippen LogP contribution in [0.25, 0.3) is 0 Å². The highest BCUT2D eigenvalue weighted by Gasteiger charge is 2.80. The van der Waals surface area contributed by atoms with Crippen LogP contribution in [0, 0.1) is 39.4 Å². The third kappa shape index (κ3) is 20.1. The molecule has 4 aromatic rings. The van der Waals surface area contributed by atoms with Gasteiger partial charge in [-0.05, 0) is 152 Å². The maximum absolute atomic E-state index is 15.2. The van der Waals surface area contributed by atoms with Crippen molar-refractivity contribution in [3.63, 3.8) is 0 Å². The number of hydrogen-bond donors (Lipinski definition) is 10. The molecular weight excluding hydrogens is 1800 g/mol. The number of amides is 4. The summed E-state index contributed by atoms with van der Waals surface area (Å²) >= 11 is 0. The molecule has 6 fully saturated rings. The van der Waals surface area contributed by atoms with E-state index in [1.165, 1.54) is 64.1 Å². The monoisotopic (exact) mass is 1920 g/mol. The number of carbonyl (C=O) groups excluding carboxylic acids is 14. The lowest BCUT2D eigenvalue weighted by atomic mass is 9.44. The topological polar surface area (TPSA) is 547 Å². The summed E-state index contributed by atoms with van der Waals surface area (Å²) in [5.74, 6) is -14.2. The maximum Gasteiger partial charge on any atom is 0.408 e. The summed E-state index contributed by atoms with van der Waals surface area (Å²) in [6, 6.07) is 29.6. The van der Waals surface area contributed by atoms with Crippen LogP contribution in [-0.2, 0) is 105 Å². The highest BCUT2D eigenvalue weighted by Crippen LogP contribution is 2.67. The number of imide groups is 1. The second-order valence-corrected chi connectivity index (χ2v) is 40.1. The van der Waals surface area contributed by atoms with Crippen LogP contribution < -0.4 is 10.6 Å². The van der Waals surface area contributed by atoms with E-state index in [0.29, 0.717) is 11.1 Å². The van der Waals surface area contributed by atoms with Crippen molar-refractivity contribution in [2.45, 2.75) is 275 Å². The van der Waals surface area contributed by atoms with Crippen LogP contribution in [0.4, 0.5) is 9.59 Å². The average molecular weight is 1920 g/mol. The fraction of sp³-hybridized carbons (Fsp3) is 0.535. The largest absolute Gasteiger partial charge is 0.481 e. The van der Waals surface area contributed by atoms with E-state index in [0.717, 1.165) is 30.9 Å². The molecule has 4 amide bonds. The number of ketones is 4. The van der Waals surface area contributed by atoms with Gasteiger partial charge in [0.25, 0.3) is 11.8 Å². The van der Waals surface area contributed by atoms with Crippen LogP contribution in [0.2, 0.25) is 0 Å². The van der Waals surface area contributed by atoms with E-state index in [2.05, 4.69) is 10.6 Å². The summed E-state index contributed by atoms with van der Waals surface area (Å²) < 4.78 is 66.1. The van der Waals surface area contributed by atoms with Crippen molar-refractivity contribution < 1.29 is 165 Å². The Bertz CT molecular complexity index is 5490. The molecule has 0 spiro atoms. The zero-order valence-corrected chi connectivity index (χ0v) is 79.6. The van der Waals surface area contributed by atoms with Crippen LogP contribution in [0.1, 0.15) is 200 Å². The van der Waals surface area contributed by atoms with Crippen molar-refractivity contribution in [1.82, 2.24) is 15.5 Å². The van der Waals surface area contributed by atoms with E-state index in [1.54, 1.807) is 166 Å². The molecule has 138 heavy (non-hydrogen) atoms. The Hall–Kier alpha value is -11.9. The van der Waals surface area contributed by atoms with E-state index in [-0.39, 0.29) is 103 Å². The van der Waals surface area contributed by atoms with Crippen molar-refractivity contribution in [2.75, 3.05) is 26.4 Å². The summed E-state index contributed by atoms with van der Waals surface area (Å²) in [4.78, 5) is 197. The number of nitrogens with one attached hydrogen (secondary N) is 2. The molecule has 37 heteroatoms. The number of nitrogens with zero attached hydrogens (tertiary/aromatic N) is 1. The standard InChI is InChI=1S/C51H61NO16.C43H53NO14.C7H7NO4/c1-27-34(65-45(60)40(63-23-15-20-31-32(54)21-22-33(31)55)38(29-16-11-9-12-17-29)52-46(61)68-47(3,4)5)25-51(62)43(66-44(59)30-18-13-10-14-19-30)41-49(8,42(58)39(57)37(27)48(51,6)7)35(56)24-36-50(41,26-64-36)67-28(2)53;1-22-26(55-37(51)32(48)30(24-15-11-9-12-16-24)44-38(52)58-39(3,4)5)20-43(53)35(56-36(50)25-17-13-10-14-18-25)33-41(8,34(49)31(47)29(22)40(43,6)7)27(46)19-28-42(33,21-54-28)57-23(2)45;9-5-1-2-6(10)8(5)4-3-7(11)12/h9-14,16-19,21-22,31,34-36,38-41,43,56-57,62H,15,20,23-26H2,1-8H3,(H,52,61);9-18,26-28,30-33,35,46-48,53H,19-21H2,1-8H3,(H,44,52);1-2H,3-4H2,(H,11,12)/t34-,35-,36+,38-,39+,40+,41-,43-,49+,50-,51+;26-,27-,28+,30-,31+,32+,33-,35-,41+,42-,43+;/m00./s1. The zero-order chi connectivity index (χ0) is 102. The molecule has 4 aromatic carbocycles. The van der Waals surface area contributed by atoms with Crippen LogP contribution in [-0.4, -0.2) is 268 Å². The molecule has 0 aromatic heterocycles. The molecule has 37 nitrogen and oxygen atoms in total. The fourth-order valence-corrected chi connectivity index (χ4v) is 21.4. The minimum Gasteiger partial charge on any atom is -0.481 e. The second kappa shape index (κ2) is 40.1. The van der Waals surface area contributed by atoms with Crippen LogP contribution in [0.15, 0.2) is 168 Å². The number of aliphatic hydroxyl groups excluding tert-OH is 5. The van der Waals surface area contributed by atoms with E-state index in [1.807, 2.05) is 0 Å². The molecule has 4 bridgehead atoms. The summed E-state index contributed by atoms with van der Waals surface area (Å²) in [6.07, 6.45) is -18.0. The number of aliphatic hydroxyl groups is 7. The Kier molecular flexibility index (Phi) is 30.5. The number of alkyl carbamates (subject to hydrolysis) is 2. The average Bonchev–Trinajstić information content (AvgIpc) is 0.703. The van der Waals surface area contributed by atoms with Gasteiger partial charge in [0.05, 0.1) is 83.6 Å². The quantitative estimate of drug-likeness (QED) is 0.00839. The number of hydrogen-bond acceptors (Lipinski definition) is 33.